The second-order valence-corrected chi connectivity index (χ2v) is 6.02. The third-order valence-electron chi connectivity index (χ3n) is 3.80. The number of ether oxygens (including phenoxy) is 1. The molecular weight excluding hydrogens is 309 g/mol. The molecule has 1 aromatic carbocycles. The number of halogens is 2. The average molecular weight is 332 g/mol. The number of hydrogen-bond donors (Lipinski definition) is 1. The Morgan fingerprint density at radius 2 is 1.95 bits per heavy atom. The minimum absolute atomic E-state index is 0.0205. The summed E-state index contributed by atoms with van der Waals surface area (Å²) < 4.78 is 4.91. The second-order valence-electron chi connectivity index (χ2n) is 5.18. The number of nitrogens with one attached hydrogen (secondary N) is 1. The third-order valence-corrected chi connectivity index (χ3v) is 4.36. The molecule has 0 aliphatic rings. The van der Waals surface area contributed by atoms with E-state index >= 15 is 0 Å². The zero-order chi connectivity index (χ0) is 16.0. The van der Waals surface area contributed by atoms with Crippen LogP contribution in [-0.2, 0) is 9.53 Å². The molecule has 0 aliphatic heterocycles. The van der Waals surface area contributed by atoms with E-state index in [0.29, 0.717) is 10.0 Å². The molecule has 0 saturated carbocycles. The molecule has 0 saturated heterocycles. The zero-order valence-electron chi connectivity index (χ0n) is 13.0. The van der Waals surface area contributed by atoms with Crippen molar-refractivity contribution in [2.24, 2.45) is 5.92 Å². The van der Waals surface area contributed by atoms with Crippen molar-refractivity contribution in [1.29, 1.82) is 0 Å². The normalized spacial score (nSPS) is 15.3. The van der Waals surface area contributed by atoms with Crippen LogP contribution in [0.1, 0.15) is 45.2 Å². The summed E-state index contributed by atoms with van der Waals surface area (Å²) in [5, 5.41) is 4.59. The van der Waals surface area contributed by atoms with Gasteiger partial charge in [-0.15, -0.1) is 0 Å². The Balaban J connectivity index is 3.00. The predicted molar refractivity (Wildman–Crippen MR) is 87.9 cm³/mol. The molecule has 5 heteroatoms. The molecule has 3 atom stereocenters. The van der Waals surface area contributed by atoms with Crippen LogP contribution in [0.4, 0.5) is 0 Å². The largest absolute Gasteiger partial charge is 0.468 e. The van der Waals surface area contributed by atoms with Gasteiger partial charge in [-0.25, -0.2) is 0 Å². The first-order valence-corrected chi connectivity index (χ1v) is 7.98. The molecule has 1 rings (SSSR count). The van der Waals surface area contributed by atoms with Crippen LogP contribution in [0.5, 0.6) is 0 Å². The summed E-state index contributed by atoms with van der Waals surface area (Å²) in [6.45, 7) is 6.14. The van der Waals surface area contributed by atoms with Gasteiger partial charge in [-0.1, -0.05) is 56.5 Å². The molecule has 0 aromatic heterocycles. The van der Waals surface area contributed by atoms with Crippen molar-refractivity contribution in [3.63, 3.8) is 0 Å². The van der Waals surface area contributed by atoms with E-state index in [0.717, 1.165) is 18.4 Å². The molecule has 3 nitrogen and oxygen atoms in total. The molecule has 0 radical (unpaired) electrons. The van der Waals surface area contributed by atoms with Gasteiger partial charge in [0.25, 0.3) is 0 Å². The second kappa shape index (κ2) is 8.62. The lowest BCUT2D eigenvalue weighted by molar-refractivity contribution is -0.144. The van der Waals surface area contributed by atoms with Gasteiger partial charge < -0.3 is 4.74 Å². The first kappa shape index (κ1) is 18.3. The van der Waals surface area contributed by atoms with Gasteiger partial charge in [-0.2, -0.15) is 0 Å². The van der Waals surface area contributed by atoms with Gasteiger partial charge in [-0.05, 0) is 30.0 Å². The standard InChI is InChI=1S/C16H23Cl2NO2/c1-5-10(3)15(16(20)21-4)19-14(6-2)12-8-7-11(17)9-13(12)18/h7-10,14-15,19H,5-6H2,1-4H3. The van der Waals surface area contributed by atoms with Crippen molar-refractivity contribution in [3.05, 3.63) is 33.8 Å². The number of carbonyl (C=O) groups excluding carboxylic acids is 1. The maximum absolute atomic E-state index is 12.0. The van der Waals surface area contributed by atoms with E-state index in [1.54, 1.807) is 6.07 Å². The molecule has 0 heterocycles. The number of methoxy groups -OCH3 is 1. The molecule has 0 bridgehead atoms. The molecule has 3 unspecified atom stereocenters. The van der Waals surface area contributed by atoms with Crippen LogP contribution in [0.2, 0.25) is 10.0 Å². The Kier molecular flexibility index (Phi) is 7.50. The molecule has 0 spiro atoms. The predicted octanol–water partition coefficient (Wildman–Crippen LogP) is 4.62. The van der Waals surface area contributed by atoms with Gasteiger partial charge in [0.2, 0.25) is 0 Å². The van der Waals surface area contributed by atoms with E-state index in [1.807, 2.05) is 26.0 Å². The minimum Gasteiger partial charge on any atom is -0.468 e. The first-order valence-electron chi connectivity index (χ1n) is 7.23. The topological polar surface area (TPSA) is 38.3 Å². The van der Waals surface area contributed by atoms with Crippen molar-refractivity contribution in [3.8, 4) is 0 Å². The van der Waals surface area contributed by atoms with E-state index in [9.17, 15) is 4.79 Å². The molecule has 0 fully saturated rings. The summed E-state index contributed by atoms with van der Waals surface area (Å²) in [5.41, 5.74) is 0.945. The lowest BCUT2D eigenvalue weighted by atomic mass is 9.96. The van der Waals surface area contributed by atoms with Crippen molar-refractivity contribution in [2.75, 3.05) is 7.11 Å². The third kappa shape index (κ3) is 4.87. The molecule has 0 aliphatic carbocycles. The maximum atomic E-state index is 12.0. The van der Waals surface area contributed by atoms with E-state index in [4.69, 9.17) is 27.9 Å². The Hall–Kier alpha value is -0.770. The van der Waals surface area contributed by atoms with Crippen LogP contribution in [0, 0.1) is 5.92 Å². The Morgan fingerprint density at radius 3 is 2.43 bits per heavy atom. The zero-order valence-corrected chi connectivity index (χ0v) is 14.5. The Bertz CT molecular complexity index is 479. The number of carbonyl (C=O) groups is 1. The fourth-order valence-electron chi connectivity index (χ4n) is 2.26. The SMILES string of the molecule is CCC(NC(C(=O)OC)C(C)CC)c1ccc(Cl)cc1Cl. The summed E-state index contributed by atoms with van der Waals surface area (Å²) in [6, 6.07) is 5.06. The quantitative estimate of drug-likeness (QED) is 0.740. The maximum Gasteiger partial charge on any atom is 0.323 e. The van der Waals surface area contributed by atoms with Crippen molar-refractivity contribution >= 4 is 29.2 Å². The summed E-state index contributed by atoms with van der Waals surface area (Å²) >= 11 is 12.2. The van der Waals surface area contributed by atoms with Crippen LogP contribution in [0.3, 0.4) is 0 Å². The molecule has 0 amide bonds. The summed E-state index contributed by atoms with van der Waals surface area (Å²) in [6.07, 6.45) is 1.70. The highest BCUT2D eigenvalue weighted by Gasteiger charge is 2.28. The molecular formula is C16H23Cl2NO2. The van der Waals surface area contributed by atoms with Gasteiger partial charge in [0.05, 0.1) is 7.11 Å². The summed E-state index contributed by atoms with van der Waals surface area (Å²) in [7, 11) is 1.41. The van der Waals surface area contributed by atoms with E-state index in [1.165, 1.54) is 7.11 Å². The number of hydrogen-bond acceptors (Lipinski definition) is 3. The molecule has 21 heavy (non-hydrogen) atoms. The van der Waals surface area contributed by atoms with Crippen LogP contribution < -0.4 is 5.32 Å². The number of benzene rings is 1. The molecule has 1 aromatic rings. The number of esters is 1. The van der Waals surface area contributed by atoms with Gasteiger partial charge in [-0.3, -0.25) is 10.1 Å². The first-order chi connectivity index (χ1) is 9.94. The van der Waals surface area contributed by atoms with Crippen LogP contribution >= 0.6 is 23.2 Å². The van der Waals surface area contributed by atoms with Crippen LogP contribution in [0.15, 0.2) is 18.2 Å². The van der Waals surface area contributed by atoms with Crippen molar-refractivity contribution in [2.45, 2.75) is 45.7 Å². The van der Waals surface area contributed by atoms with Gasteiger partial charge >= 0.3 is 5.97 Å². The highest BCUT2D eigenvalue weighted by molar-refractivity contribution is 6.35. The van der Waals surface area contributed by atoms with E-state index in [-0.39, 0.29) is 24.0 Å². The monoisotopic (exact) mass is 331 g/mol. The lowest BCUT2D eigenvalue weighted by Gasteiger charge is -2.28. The fourth-order valence-corrected chi connectivity index (χ4v) is 2.80. The van der Waals surface area contributed by atoms with E-state index in [2.05, 4.69) is 12.2 Å². The summed E-state index contributed by atoms with van der Waals surface area (Å²) in [5.74, 6) is -0.0644. The summed E-state index contributed by atoms with van der Waals surface area (Å²) in [4.78, 5) is 12.0. The van der Waals surface area contributed by atoms with Crippen LogP contribution in [0.25, 0.3) is 0 Å². The van der Waals surface area contributed by atoms with Crippen molar-refractivity contribution < 1.29 is 9.53 Å². The molecule has 1 N–H and O–H groups in total. The fraction of sp³-hybridized carbons (Fsp3) is 0.562. The Morgan fingerprint density at radius 1 is 1.29 bits per heavy atom. The average Bonchev–Trinajstić information content (AvgIpc) is 2.48. The lowest BCUT2D eigenvalue weighted by Crippen LogP contribution is -2.44. The number of rotatable bonds is 7. The van der Waals surface area contributed by atoms with Crippen molar-refractivity contribution in [1.82, 2.24) is 5.32 Å². The van der Waals surface area contributed by atoms with E-state index < -0.39 is 0 Å². The minimum atomic E-state index is -0.350. The molecule has 118 valence electrons. The smallest absolute Gasteiger partial charge is 0.323 e. The highest BCUT2D eigenvalue weighted by Crippen LogP contribution is 2.29. The van der Waals surface area contributed by atoms with Gasteiger partial charge in [0.1, 0.15) is 6.04 Å². The van der Waals surface area contributed by atoms with Gasteiger partial charge in [0, 0.05) is 16.1 Å². The van der Waals surface area contributed by atoms with Gasteiger partial charge in [0.15, 0.2) is 0 Å². The van der Waals surface area contributed by atoms with Crippen LogP contribution in [-0.4, -0.2) is 19.1 Å². The highest BCUT2D eigenvalue weighted by atomic mass is 35.5. The Labute approximate surface area is 137 Å².